The monoisotopic (exact) mass is 456 g/mol. The molecule has 0 amide bonds. The zero-order valence-electron chi connectivity index (χ0n) is 20.8. The minimum atomic E-state index is -2.04. The summed E-state index contributed by atoms with van der Waals surface area (Å²) in [7, 11) is -2.04. The second-order valence-electron chi connectivity index (χ2n) is 10.7. The van der Waals surface area contributed by atoms with Gasteiger partial charge in [-0.1, -0.05) is 81.4 Å². The fourth-order valence-corrected chi connectivity index (χ4v) is 5.03. The first-order chi connectivity index (χ1) is 15.0. The summed E-state index contributed by atoms with van der Waals surface area (Å²) < 4.78 is 25.8. The highest BCUT2D eigenvalue weighted by Gasteiger charge is 2.49. The van der Waals surface area contributed by atoms with Gasteiger partial charge in [-0.25, -0.2) is 0 Å². The van der Waals surface area contributed by atoms with Crippen LogP contribution in [0.1, 0.15) is 58.3 Å². The fourth-order valence-electron chi connectivity index (χ4n) is 3.77. The second-order valence-corrected chi connectivity index (χ2v) is 15.4. The van der Waals surface area contributed by atoms with Crippen LogP contribution in [0.4, 0.5) is 0 Å². The van der Waals surface area contributed by atoms with E-state index in [1.807, 2.05) is 38.1 Å². The Morgan fingerprint density at radius 2 is 1.53 bits per heavy atom. The normalized spacial score (nSPS) is 22.1. The molecule has 0 saturated carbocycles. The lowest BCUT2D eigenvalue weighted by atomic mass is 9.99. The van der Waals surface area contributed by atoms with Crippen LogP contribution in [0.3, 0.4) is 0 Å². The highest BCUT2D eigenvalue weighted by atomic mass is 28.4. The molecule has 0 aromatic heterocycles. The first-order valence-corrected chi connectivity index (χ1v) is 14.6. The molecule has 1 fully saturated rings. The van der Waals surface area contributed by atoms with Crippen LogP contribution in [-0.2, 0) is 25.2 Å². The van der Waals surface area contributed by atoms with Crippen molar-refractivity contribution in [1.82, 2.24) is 0 Å². The van der Waals surface area contributed by atoms with Gasteiger partial charge in [0.2, 0.25) is 0 Å². The summed E-state index contributed by atoms with van der Waals surface area (Å²) >= 11 is 0. The molecule has 1 aliphatic heterocycles. The lowest BCUT2D eigenvalue weighted by molar-refractivity contribution is -0.155. The predicted molar refractivity (Wildman–Crippen MR) is 132 cm³/mol. The van der Waals surface area contributed by atoms with E-state index in [2.05, 4.69) is 70.3 Å². The van der Waals surface area contributed by atoms with Crippen molar-refractivity contribution in [3.8, 4) is 0 Å². The number of benzene rings is 2. The molecule has 1 heterocycles. The van der Waals surface area contributed by atoms with Gasteiger partial charge in [0.1, 0.15) is 6.10 Å². The molecule has 32 heavy (non-hydrogen) atoms. The summed E-state index contributed by atoms with van der Waals surface area (Å²) in [5, 5.41) is 0.100. The van der Waals surface area contributed by atoms with E-state index in [-0.39, 0.29) is 23.4 Å². The van der Waals surface area contributed by atoms with E-state index in [4.69, 9.17) is 18.6 Å². The van der Waals surface area contributed by atoms with Crippen LogP contribution in [0.25, 0.3) is 0 Å². The molecule has 3 atom stereocenters. The Morgan fingerprint density at radius 3 is 2.12 bits per heavy atom. The minimum Gasteiger partial charge on any atom is -0.407 e. The van der Waals surface area contributed by atoms with Crippen LogP contribution in [-0.4, -0.2) is 32.9 Å². The third-order valence-corrected chi connectivity index (χ3v) is 11.0. The van der Waals surface area contributed by atoms with Gasteiger partial charge in [-0.3, -0.25) is 0 Å². The van der Waals surface area contributed by atoms with Crippen LogP contribution in [0.2, 0.25) is 18.1 Å². The maximum atomic E-state index is 6.96. The van der Waals surface area contributed by atoms with Gasteiger partial charge in [-0.15, -0.1) is 0 Å². The molecule has 0 unspecified atom stereocenters. The molecule has 4 nitrogen and oxygen atoms in total. The van der Waals surface area contributed by atoms with Crippen molar-refractivity contribution in [3.63, 3.8) is 0 Å². The molecule has 176 valence electrons. The molecule has 0 radical (unpaired) electrons. The van der Waals surface area contributed by atoms with Gasteiger partial charge >= 0.3 is 0 Å². The Hall–Kier alpha value is -1.50. The van der Waals surface area contributed by atoms with E-state index in [1.165, 1.54) is 5.56 Å². The summed E-state index contributed by atoms with van der Waals surface area (Å²) in [4.78, 5) is 0. The predicted octanol–water partition coefficient (Wildman–Crippen LogP) is 6.88. The molecular weight excluding hydrogens is 416 g/mol. The van der Waals surface area contributed by atoms with Crippen LogP contribution < -0.4 is 0 Å². The lowest BCUT2D eigenvalue weighted by Gasteiger charge is -2.41. The number of rotatable bonds is 9. The van der Waals surface area contributed by atoms with E-state index in [0.717, 1.165) is 12.0 Å². The van der Waals surface area contributed by atoms with Gasteiger partial charge in [0.15, 0.2) is 14.1 Å². The maximum Gasteiger partial charge on any atom is 0.193 e. The minimum absolute atomic E-state index is 0.100. The van der Waals surface area contributed by atoms with Crippen molar-refractivity contribution >= 4 is 8.32 Å². The molecule has 2 aromatic carbocycles. The Balaban J connectivity index is 1.76. The first kappa shape index (κ1) is 25.1. The number of ether oxygens (including phenoxy) is 3. The SMILES string of the molecule is CC1(C)O[C@H]([C@H](O[Si](C)(C)C(C)(C)C)c2ccccc2)[C@@H](CCOCc2ccccc2)O1. The summed E-state index contributed by atoms with van der Waals surface area (Å²) in [6, 6.07) is 20.7. The molecule has 0 N–H and O–H groups in total. The van der Waals surface area contributed by atoms with Crippen molar-refractivity contribution < 1.29 is 18.6 Å². The van der Waals surface area contributed by atoms with Crippen LogP contribution in [0.5, 0.6) is 0 Å². The van der Waals surface area contributed by atoms with E-state index < -0.39 is 14.1 Å². The topological polar surface area (TPSA) is 36.9 Å². The third-order valence-electron chi connectivity index (χ3n) is 6.53. The van der Waals surface area contributed by atoms with Gasteiger partial charge in [0, 0.05) is 6.61 Å². The molecule has 0 spiro atoms. The largest absolute Gasteiger partial charge is 0.407 e. The van der Waals surface area contributed by atoms with Gasteiger partial charge < -0.3 is 18.6 Å². The van der Waals surface area contributed by atoms with Crippen molar-refractivity contribution in [2.75, 3.05) is 6.61 Å². The smallest absolute Gasteiger partial charge is 0.193 e. The highest BCUT2D eigenvalue weighted by molar-refractivity contribution is 6.74. The average molecular weight is 457 g/mol. The molecule has 1 aliphatic rings. The van der Waals surface area contributed by atoms with Crippen LogP contribution in [0.15, 0.2) is 60.7 Å². The molecule has 0 bridgehead atoms. The zero-order valence-corrected chi connectivity index (χ0v) is 21.8. The third kappa shape index (κ3) is 6.52. The molecule has 5 heteroatoms. The molecule has 2 aromatic rings. The number of hydrogen-bond donors (Lipinski definition) is 0. The van der Waals surface area contributed by atoms with Crippen molar-refractivity contribution in [3.05, 3.63) is 71.8 Å². The van der Waals surface area contributed by atoms with Gasteiger partial charge in [-0.05, 0) is 49.5 Å². The van der Waals surface area contributed by atoms with E-state index >= 15 is 0 Å². The number of hydrogen-bond acceptors (Lipinski definition) is 4. The lowest BCUT2D eigenvalue weighted by Crippen LogP contribution is -2.45. The van der Waals surface area contributed by atoms with Crippen LogP contribution in [0, 0.1) is 0 Å². The zero-order chi connectivity index (χ0) is 23.4. The standard InChI is InChI=1S/C27H40O4Si/c1-26(2,3)32(6,7)31-24(22-16-12-9-13-17-22)25-23(29-27(4,5)30-25)18-19-28-20-21-14-10-8-11-15-21/h8-17,23-25H,18-20H2,1-7H3/t23-,24-,25+/m1/s1. The Morgan fingerprint density at radius 1 is 0.938 bits per heavy atom. The van der Waals surface area contributed by atoms with Crippen LogP contribution >= 0.6 is 0 Å². The maximum absolute atomic E-state index is 6.96. The van der Waals surface area contributed by atoms with Crippen molar-refractivity contribution in [2.24, 2.45) is 0 Å². The second kappa shape index (κ2) is 10.2. The summed E-state index contributed by atoms with van der Waals surface area (Å²) in [6.45, 7) is 16.6. The molecule has 3 rings (SSSR count). The van der Waals surface area contributed by atoms with Gasteiger partial charge in [-0.2, -0.15) is 0 Å². The Kier molecular flexibility index (Phi) is 8.00. The quantitative estimate of drug-likeness (QED) is 0.304. The van der Waals surface area contributed by atoms with E-state index in [0.29, 0.717) is 13.2 Å². The van der Waals surface area contributed by atoms with Gasteiger partial charge in [0.25, 0.3) is 0 Å². The first-order valence-electron chi connectivity index (χ1n) is 11.7. The summed E-state index contributed by atoms with van der Waals surface area (Å²) in [6.07, 6.45) is 0.279. The van der Waals surface area contributed by atoms with Gasteiger partial charge in [0.05, 0.1) is 18.8 Å². The Labute approximate surface area is 195 Å². The van der Waals surface area contributed by atoms with Crippen molar-refractivity contribution in [1.29, 1.82) is 0 Å². The molecular formula is C27H40O4Si. The average Bonchev–Trinajstić information content (AvgIpc) is 3.04. The fraction of sp³-hybridized carbons (Fsp3) is 0.556. The van der Waals surface area contributed by atoms with Crippen molar-refractivity contribution in [2.45, 2.75) is 89.9 Å². The van der Waals surface area contributed by atoms with E-state index in [9.17, 15) is 0 Å². The Bertz CT molecular complexity index is 830. The summed E-state index contributed by atoms with van der Waals surface area (Å²) in [5.41, 5.74) is 2.32. The highest BCUT2D eigenvalue weighted by Crippen LogP contribution is 2.44. The molecule has 1 saturated heterocycles. The summed E-state index contributed by atoms with van der Waals surface area (Å²) in [5.74, 6) is -0.654. The molecule has 0 aliphatic carbocycles. The van der Waals surface area contributed by atoms with E-state index in [1.54, 1.807) is 0 Å².